The van der Waals surface area contributed by atoms with Gasteiger partial charge >= 0.3 is 10.1 Å². The van der Waals surface area contributed by atoms with E-state index in [2.05, 4.69) is 9.50 Å². The first-order valence-corrected chi connectivity index (χ1v) is 5.10. The number of anilines is 1. The minimum absolute atomic E-state index is 0.00579. The topological polar surface area (TPSA) is 55.4 Å². The second-order valence-corrected chi connectivity index (χ2v) is 4.17. The highest BCUT2D eigenvalue weighted by atomic mass is 32.2. The summed E-state index contributed by atoms with van der Waals surface area (Å²) in [6.07, 6.45) is 0. The minimum atomic E-state index is -3.59. The molecule has 0 spiro atoms. The molecule has 1 aliphatic heterocycles. The van der Waals surface area contributed by atoms with E-state index in [9.17, 15) is 12.8 Å². The van der Waals surface area contributed by atoms with Crippen LogP contribution in [0.25, 0.3) is 0 Å². The number of hydrogen-bond acceptors (Lipinski definition) is 4. The van der Waals surface area contributed by atoms with Gasteiger partial charge in [0.25, 0.3) is 0 Å². The zero-order chi connectivity index (χ0) is 9.47. The molecule has 2 rings (SSSR count). The summed E-state index contributed by atoms with van der Waals surface area (Å²) >= 11 is 0. The Morgan fingerprint density at radius 1 is 1.46 bits per heavy atom. The second kappa shape index (κ2) is 2.59. The molecule has 0 aromatic heterocycles. The zero-order valence-corrected chi connectivity index (χ0v) is 7.27. The van der Waals surface area contributed by atoms with Gasteiger partial charge in [-0.2, -0.15) is 8.42 Å². The SMILES string of the molecule is O=S1(=O)CNc2ccc(F)cc2O1. The van der Waals surface area contributed by atoms with Crippen LogP contribution in [0.4, 0.5) is 10.1 Å². The number of rotatable bonds is 0. The van der Waals surface area contributed by atoms with E-state index in [1.54, 1.807) is 0 Å². The van der Waals surface area contributed by atoms with Gasteiger partial charge in [-0.3, -0.25) is 0 Å². The van der Waals surface area contributed by atoms with Crippen LogP contribution in [0.3, 0.4) is 0 Å². The summed E-state index contributed by atoms with van der Waals surface area (Å²) in [4.78, 5) is 0. The molecule has 70 valence electrons. The summed E-state index contributed by atoms with van der Waals surface area (Å²) in [6.45, 7) is 0. The third-order valence-corrected chi connectivity index (χ3v) is 2.53. The molecule has 0 saturated heterocycles. The molecule has 0 radical (unpaired) electrons. The van der Waals surface area contributed by atoms with Crippen molar-refractivity contribution in [3.8, 4) is 5.75 Å². The van der Waals surface area contributed by atoms with Crippen molar-refractivity contribution < 1.29 is 17.0 Å². The van der Waals surface area contributed by atoms with Crippen LogP contribution in [-0.4, -0.2) is 14.3 Å². The first kappa shape index (κ1) is 8.31. The molecule has 0 unspecified atom stereocenters. The lowest BCUT2D eigenvalue weighted by Gasteiger charge is -2.18. The van der Waals surface area contributed by atoms with Gasteiger partial charge in [-0.05, 0) is 12.1 Å². The molecule has 0 bridgehead atoms. The van der Waals surface area contributed by atoms with Gasteiger partial charge in [0.1, 0.15) is 5.82 Å². The van der Waals surface area contributed by atoms with Gasteiger partial charge in [-0.25, -0.2) is 4.39 Å². The lowest BCUT2D eigenvalue weighted by atomic mass is 10.3. The number of benzene rings is 1. The van der Waals surface area contributed by atoms with E-state index >= 15 is 0 Å². The van der Waals surface area contributed by atoms with Crippen molar-refractivity contribution >= 4 is 15.8 Å². The van der Waals surface area contributed by atoms with E-state index in [1.807, 2.05) is 0 Å². The zero-order valence-electron chi connectivity index (χ0n) is 6.45. The van der Waals surface area contributed by atoms with Gasteiger partial charge in [-0.1, -0.05) is 0 Å². The smallest absolute Gasteiger partial charge is 0.327 e. The minimum Gasteiger partial charge on any atom is -0.379 e. The average Bonchev–Trinajstić information content (AvgIpc) is 2.01. The summed E-state index contributed by atoms with van der Waals surface area (Å²) < 4.78 is 39.0. The maximum Gasteiger partial charge on any atom is 0.327 e. The number of halogens is 1. The van der Waals surface area contributed by atoms with E-state index in [1.165, 1.54) is 12.1 Å². The highest BCUT2D eigenvalue weighted by Gasteiger charge is 2.21. The van der Waals surface area contributed by atoms with Crippen molar-refractivity contribution in [2.45, 2.75) is 0 Å². The van der Waals surface area contributed by atoms with Crippen LogP contribution in [0.2, 0.25) is 0 Å². The van der Waals surface area contributed by atoms with Crippen molar-refractivity contribution in [3.63, 3.8) is 0 Å². The maximum atomic E-state index is 12.6. The van der Waals surface area contributed by atoms with E-state index in [4.69, 9.17) is 0 Å². The predicted octanol–water partition coefficient (Wildman–Crippen LogP) is 0.917. The van der Waals surface area contributed by atoms with Gasteiger partial charge in [0.05, 0.1) is 5.69 Å². The number of hydrogen-bond donors (Lipinski definition) is 1. The van der Waals surface area contributed by atoms with E-state index in [-0.39, 0.29) is 11.6 Å². The molecule has 1 aromatic rings. The highest BCUT2D eigenvalue weighted by molar-refractivity contribution is 7.87. The van der Waals surface area contributed by atoms with Crippen LogP contribution in [-0.2, 0) is 10.1 Å². The summed E-state index contributed by atoms with van der Waals surface area (Å²) in [5, 5.41) is 2.60. The van der Waals surface area contributed by atoms with Crippen molar-refractivity contribution in [1.29, 1.82) is 0 Å². The highest BCUT2D eigenvalue weighted by Crippen LogP contribution is 2.29. The standard InChI is InChI=1S/C7H6FNO3S/c8-5-1-2-6-7(3-5)12-13(10,11)4-9-6/h1-3,9H,4H2. The van der Waals surface area contributed by atoms with Crippen molar-refractivity contribution in [2.24, 2.45) is 0 Å². The quantitative estimate of drug-likeness (QED) is 0.637. The fourth-order valence-electron chi connectivity index (χ4n) is 1.04. The lowest BCUT2D eigenvalue weighted by Crippen LogP contribution is -2.25. The fraction of sp³-hybridized carbons (Fsp3) is 0.143. The normalized spacial score (nSPS) is 18.2. The lowest BCUT2D eigenvalue weighted by molar-refractivity contribution is 0.480. The molecular weight excluding hydrogens is 197 g/mol. The Labute approximate surface area is 74.5 Å². The fourth-order valence-corrected chi connectivity index (χ4v) is 1.85. The van der Waals surface area contributed by atoms with Crippen LogP contribution < -0.4 is 9.50 Å². The van der Waals surface area contributed by atoms with Crippen LogP contribution in [0.1, 0.15) is 0 Å². The van der Waals surface area contributed by atoms with Crippen molar-refractivity contribution in [2.75, 3.05) is 11.2 Å². The summed E-state index contributed by atoms with van der Waals surface area (Å²) in [6, 6.07) is 3.69. The molecule has 6 heteroatoms. The average molecular weight is 203 g/mol. The first-order chi connectivity index (χ1) is 6.07. The number of fused-ring (bicyclic) bond motifs is 1. The Balaban J connectivity index is 2.50. The summed E-state index contributed by atoms with van der Waals surface area (Å²) in [5.41, 5.74) is 0.483. The van der Waals surface area contributed by atoms with E-state index in [0.29, 0.717) is 5.69 Å². The monoisotopic (exact) mass is 203 g/mol. The molecule has 4 nitrogen and oxygen atoms in total. The van der Waals surface area contributed by atoms with Gasteiger partial charge in [0, 0.05) is 6.07 Å². The summed E-state index contributed by atoms with van der Waals surface area (Å²) in [7, 11) is -3.59. The van der Waals surface area contributed by atoms with E-state index < -0.39 is 15.9 Å². The van der Waals surface area contributed by atoms with Crippen LogP contribution in [0, 0.1) is 5.82 Å². The molecule has 1 aliphatic rings. The number of nitrogens with one attached hydrogen (secondary N) is 1. The molecule has 0 saturated carbocycles. The molecule has 0 amide bonds. The Bertz CT molecular complexity index is 443. The Morgan fingerprint density at radius 3 is 3.00 bits per heavy atom. The van der Waals surface area contributed by atoms with Crippen molar-refractivity contribution in [1.82, 2.24) is 0 Å². The molecule has 0 atom stereocenters. The molecule has 1 aromatic carbocycles. The molecule has 1 heterocycles. The Kier molecular flexibility index (Phi) is 1.66. The first-order valence-electron chi connectivity index (χ1n) is 3.52. The van der Waals surface area contributed by atoms with Gasteiger partial charge in [0.15, 0.2) is 11.6 Å². The van der Waals surface area contributed by atoms with Crippen LogP contribution in [0.15, 0.2) is 18.2 Å². The van der Waals surface area contributed by atoms with Gasteiger partial charge < -0.3 is 9.50 Å². The second-order valence-electron chi connectivity index (χ2n) is 2.60. The van der Waals surface area contributed by atoms with Crippen LogP contribution in [0.5, 0.6) is 5.75 Å². The predicted molar refractivity (Wildman–Crippen MR) is 44.4 cm³/mol. The third-order valence-electron chi connectivity index (χ3n) is 1.60. The molecule has 13 heavy (non-hydrogen) atoms. The Morgan fingerprint density at radius 2 is 2.23 bits per heavy atom. The summed E-state index contributed by atoms with van der Waals surface area (Å²) in [5.74, 6) is -0.810. The molecule has 1 N–H and O–H groups in total. The van der Waals surface area contributed by atoms with Crippen molar-refractivity contribution in [3.05, 3.63) is 24.0 Å². The largest absolute Gasteiger partial charge is 0.379 e. The van der Waals surface area contributed by atoms with Gasteiger partial charge in [0.2, 0.25) is 0 Å². The maximum absolute atomic E-state index is 12.6. The van der Waals surface area contributed by atoms with Gasteiger partial charge in [-0.15, -0.1) is 0 Å². The Hall–Kier alpha value is -1.30. The third kappa shape index (κ3) is 1.57. The molecule has 0 aliphatic carbocycles. The van der Waals surface area contributed by atoms with Crippen LogP contribution >= 0.6 is 0 Å². The van der Waals surface area contributed by atoms with E-state index in [0.717, 1.165) is 6.07 Å². The molecule has 0 fully saturated rings. The molecular formula is C7H6FNO3S.